The van der Waals surface area contributed by atoms with E-state index in [0.717, 1.165) is 31.4 Å². The molecule has 0 spiro atoms. The quantitative estimate of drug-likeness (QED) is 0.530. The number of primary sulfonamides is 1. The number of hydrogen-bond donors (Lipinski definition) is 3. The number of nitro groups is 1. The van der Waals surface area contributed by atoms with E-state index >= 15 is 0 Å². The maximum atomic E-state index is 11.6. The van der Waals surface area contributed by atoms with E-state index in [0.29, 0.717) is 6.42 Å². The second-order valence-electron chi connectivity index (χ2n) is 5.44. The van der Waals surface area contributed by atoms with Crippen LogP contribution < -0.4 is 10.5 Å². The van der Waals surface area contributed by atoms with Gasteiger partial charge in [0.15, 0.2) is 0 Å². The summed E-state index contributed by atoms with van der Waals surface area (Å²) < 4.78 is 23.3. The Bertz CT molecular complexity index is 662. The zero-order valence-corrected chi connectivity index (χ0v) is 12.8. The van der Waals surface area contributed by atoms with Gasteiger partial charge in [0.25, 0.3) is 5.69 Å². The van der Waals surface area contributed by atoms with E-state index in [-0.39, 0.29) is 34.8 Å². The molecule has 2 atom stereocenters. The summed E-state index contributed by atoms with van der Waals surface area (Å²) in [6.07, 6.45) is 3.31. The molecular formula is C13H19N3O5S. The van der Waals surface area contributed by atoms with Crippen LogP contribution >= 0.6 is 0 Å². The third-order valence-electron chi connectivity index (χ3n) is 3.98. The predicted octanol–water partition coefficient (Wildman–Crippen LogP) is 1.21. The molecule has 0 amide bonds. The van der Waals surface area contributed by atoms with Crippen LogP contribution in [-0.4, -0.2) is 31.1 Å². The van der Waals surface area contributed by atoms with Crippen LogP contribution in [0.1, 0.15) is 25.7 Å². The van der Waals surface area contributed by atoms with Crippen molar-refractivity contribution in [2.75, 3.05) is 11.9 Å². The van der Waals surface area contributed by atoms with Crippen molar-refractivity contribution in [2.45, 2.75) is 36.6 Å². The van der Waals surface area contributed by atoms with Crippen LogP contribution in [0.5, 0.6) is 0 Å². The zero-order chi connectivity index (χ0) is 16.3. The molecule has 2 unspecified atom stereocenters. The van der Waals surface area contributed by atoms with Gasteiger partial charge < -0.3 is 10.4 Å². The van der Waals surface area contributed by atoms with Crippen LogP contribution in [0.25, 0.3) is 0 Å². The van der Waals surface area contributed by atoms with Crippen molar-refractivity contribution in [3.8, 4) is 0 Å². The summed E-state index contributed by atoms with van der Waals surface area (Å²) in [5.74, 6) is 0.206. The molecule has 122 valence electrons. The minimum Gasteiger partial charge on any atom is -0.396 e. The van der Waals surface area contributed by atoms with Gasteiger partial charge in [0.05, 0.1) is 10.6 Å². The largest absolute Gasteiger partial charge is 0.396 e. The average molecular weight is 329 g/mol. The highest BCUT2D eigenvalue weighted by Crippen LogP contribution is 2.33. The van der Waals surface area contributed by atoms with Crippen LogP contribution in [0.15, 0.2) is 23.1 Å². The maximum absolute atomic E-state index is 11.6. The number of anilines is 1. The van der Waals surface area contributed by atoms with E-state index in [1.54, 1.807) is 0 Å². The van der Waals surface area contributed by atoms with Gasteiger partial charge in [-0.2, -0.15) is 0 Å². The normalized spacial score (nSPS) is 21.7. The van der Waals surface area contributed by atoms with Gasteiger partial charge in [-0.1, -0.05) is 6.42 Å². The number of benzene rings is 1. The van der Waals surface area contributed by atoms with Crippen molar-refractivity contribution in [2.24, 2.45) is 11.1 Å². The summed E-state index contributed by atoms with van der Waals surface area (Å²) >= 11 is 0. The highest BCUT2D eigenvalue weighted by Gasteiger charge is 2.28. The molecule has 22 heavy (non-hydrogen) atoms. The fraction of sp³-hybridized carbons (Fsp3) is 0.538. The lowest BCUT2D eigenvalue weighted by molar-refractivity contribution is -0.384. The number of nitrogens with one attached hydrogen (secondary N) is 1. The van der Waals surface area contributed by atoms with Crippen molar-refractivity contribution in [1.29, 1.82) is 0 Å². The van der Waals surface area contributed by atoms with Gasteiger partial charge >= 0.3 is 0 Å². The number of aliphatic hydroxyl groups is 1. The van der Waals surface area contributed by atoms with Crippen molar-refractivity contribution >= 4 is 21.4 Å². The Kier molecular flexibility index (Phi) is 4.99. The summed E-state index contributed by atoms with van der Waals surface area (Å²) in [6, 6.07) is 3.42. The summed E-state index contributed by atoms with van der Waals surface area (Å²) in [6.45, 7) is 0.0554. The molecule has 0 aromatic heterocycles. The summed E-state index contributed by atoms with van der Waals surface area (Å²) in [7, 11) is -3.98. The zero-order valence-electron chi connectivity index (χ0n) is 11.9. The first-order valence-electron chi connectivity index (χ1n) is 7.01. The second-order valence-corrected chi connectivity index (χ2v) is 6.97. The molecule has 1 aliphatic carbocycles. The van der Waals surface area contributed by atoms with Crippen LogP contribution in [-0.2, 0) is 10.0 Å². The first-order valence-corrected chi connectivity index (χ1v) is 8.56. The van der Waals surface area contributed by atoms with Gasteiger partial charge in [-0.3, -0.25) is 10.1 Å². The SMILES string of the molecule is NS(=O)(=O)c1ccc([N+](=O)[O-])cc1NC1CCCC1CCO. The monoisotopic (exact) mass is 329 g/mol. The summed E-state index contributed by atoms with van der Waals surface area (Å²) in [5.41, 5.74) is -0.0573. The molecule has 8 nitrogen and oxygen atoms in total. The Labute approximate surface area is 128 Å². The van der Waals surface area contributed by atoms with Crippen molar-refractivity contribution in [3.05, 3.63) is 28.3 Å². The Morgan fingerprint density at radius 2 is 2.14 bits per heavy atom. The number of nitrogens with zero attached hydrogens (tertiary/aromatic N) is 1. The average Bonchev–Trinajstić information content (AvgIpc) is 2.85. The van der Waals surface area contributed by atoms with Gasteiger partial charge in [0, 0.05) is 24.8 Å². The first kappa shape index (κ1) is 16.7. The molecule has 9 heteroatoms. The number of non-ortho nitro benzene ring substituents is 1. The Balaban J connectivity index is 2.35. The smallest absolute Gasteiger partial charge is 0.271 e. The van der Waals surface area contributed by atoms with Crippen molar-refractivity contribution < 1.29 is 18.4 Å². The van der Waals surface area contributed by atoms with Gasteiger partial charge in [-0.05, 0) is 31.2 Å². The van der Waals surface area contributed by atoms with E-state index in [9.17, 15) is 18.5 Å². The van der Waals surface area contributed by atoms with E-state index < -0.39 is 14.9 Å². The molecule has 0 aliphatic heterocycles. The fourth-order valence-corrected chi connectivity index (χ4v) is 3.61. The van der Waals surface area contributed by atoms with Gasteiger partial charge in [0.1, 0.15) is 4.90 Å². The van der Waals surface area contributed by atoms with Gasteiger partial charge in [0.2, 0.25) is 10.0 Å². The number of nitrogens with two attached hydrogens (primary N) is 1. The van der Waals surface area contributed by atoms with Gasteiger partial charge in [-0.15, -0.1) is 0 Å². The van der Waals surface area contributed by atoms with Crippen molar-refractivity contribution in [1.82, 2.24) is 0 Å². The molecule has 0 saturated heterocycles. The molecule has 0 radical (unpaired) electrons. The van der Waals surface area contributed by atoms with Crippen LogP contribution in [0.4, 0.5) is 11.4 Å². The third kappa shape index (κ3) is 3.73. The van der Waals surface area contributed by atoms with Gasteiger partial charge in [-0.25, -0.2) is 13.6 Å². The highest BCUT2D eigenvalue weighted by molar-refractivity contribution is 7.89. The number of hydrogen-bond acceptors (Lipinski definition) is 6. The highest BCUT2D eigenvalue weighted by atomic mass is 32.2. The fourth-order valence-electron chi connectivity index (χ4n) is 2.93. The van der Waals surface area contributed by atoms with Crippen LogP contribution in [0.2, 0.25) is 0 Å². The predicted molar refractivity (Wildman–Crippen MR) is 80.9 cm³/mol. The van der Waals surface area contributed by atoms with E-state index in [1.165, 1.54) is 6.07 Å². The summed E-state index contributed by atoms with van der Waals surface area (Å²) in [4.78, 5) is 10.1. The number of nitro benzene ring substituents is 1. The molecule has 1 saturated carbocycles. The van der Waals surface area contributed by atoms with E-state index in [4.69, 9.17) is 10.2 Å². The van der Waals surface area contributed by atoms with E-state index in [2.05, 4.69) is 5.32 Å². The molecule has 1 aliphatic rings. The lowest BCUT2D eigenvalue weighted by atomic mass is 10.00. The maximum Gasteiger partial charge on any atom is 0.271 e. The number of rotatable bonds is 6. The number of aliphatic hydroxyl groups excluding tert-OH is 1. The number of sulfonamides is 1. The molecule has 4 N–H and O–H groups in total. The van der Waals surface area contributed by atoms with E-state index in [1.807, 2.05) is 0 Å². The lowest BCUT2D eigenvalue weighted by Crippen LogP contribution is -2.26. The minimum absolute atomic E-state index is 0.0327. The third-order valence-corrected chi connectivity index (χ3v) is 4.95. The Morgan fingerprint density at radius 3 is 2.73 bits per heavy atom. The minimum atomic E-state index is -3.98. The molecule has 1 aromatic carbocycles. The van der Waals surface area contributed by atoms with Crippen LogP contribution in [0.3, 0.4) is 0 Å². The second kappa shape index (κ2) is 6.59. The standard InChI is InChI=1S/C13H19N3O5S/c14-22(20,21)13-5-4-10(16(18)19)8-12(13)15-11-3-1-2-9(11)6-7-17/h4-5,8-9,11,15,17H,1-3,6-7H2,(H2,14,20,21). The Hall–Kier alpha value is -1.71. The topological polar surface area (TPSA) is 136 Å². The molecule has 2 rings (SSSR count). The van der Waals surface area contributed by atoms with Crippen LogP contribution in [0, 0.1) is 16.0 Å². The first-order chi connectivity index (χ1) is 10.3. The molecule has 0 bridgehead atoms. The molecule has 1 fully saturated rings. The lowest BCUT2D eigenvalue weighted by Gasteiger charge is -2.22. The molecule has 0 heterocycles. The molecular weight excluding hydrogens is 310 g/mol. The van der Waals surface area contributed by atoms with Crippen molar-refractivity contribution in [3.63, 3.8) is 0 Å². The Morgan fingerprint density at radius 1 is 1.41 bits per heavy atom. The molecule has 1 aromatic rings. The summed E-state index contributed by atoms with van der Waals surface area (Å²) in [5, 5.41) is 28.2.